The topological polar surface area (TPSA) is 32.5 Å². The summed E-state index contributed by atoms with van der Waals surface area (Å²) in [5, 5.41) is 0. The molecule has 2 aliphatic rings. The summed E-state index contributed by atoms with van der Waals surface area (Å²) in [6.45, 7) is 4.85. The monoisotopic (exact) mass is 239 g/mol. The quantitative estimate of drug-likeness (QED) is 0.807. The summed E-state index contributed by atoms with van der Waals surface area (Å²) in [5.74, 6) is 0.859. The highest BCUT2D eigenvalue weighted by atomic mass is 15.2. The van der Waals surface area contributed by atoms with Crippen molar-refractivity contribution in [1.82, 2.24) is 9.80 Å². The third-order valence-electron chi connectivity index (χ3n) is 4.49. The summed E-state index contributed by atoms with van der Waals surface area (Å²) < 4.78 is 0. The van der Waals surface area contributed by atoms with Crippen molar-refractivity contribution in [3.8, 4) is 0 Å². The van der Waals surface area contributed by atoms with Crippen LogP contribution in [0.15, 0.2) is 0 Å². The zero-order chi connectivity index (χ0) is 12.3. The molecule has 2 fully saturated rings. The maximum Gasteiger partial charge on any atom is 0.0283 e. The number of likely N-dealkylation sites (N-methyl/N-ethyl adjacent to an activating group) is 1. The minimum atomic E-state index is 0.109. The first kappa shape index (κ1) is 13.3. The van der Waals surface area contributed by atoms with E-state index >= 15 is 0 Å². The first-order valence-corrected chi connectivity index (χ1v) is 7.23. The lowest BCUT2D eigenvalue weighted by atomic mass is 9.82. The van der Waals surface area contributed by atoms with E-state index in [-0.39, 0.29) is 5.54 Å². The Bertz CT molecular complexity index is 236. The van der Waals surface area contributed by atoms with E-state index in [4.69, 9.17) is 5.73 Å². The molecule has 3 nitrogen and oxygen atoms in total. The van der Waals surface area contributed by atoms with Crippen LogP contribution in [0.4, 0.5) is 0 Å². The van der Waals surface area contributed by atoms with Crippen molar-refractivity contribution in [1.29, 1.82) is 0 Å². The molecule has 0 aromatic carbocycles. The fourth-order valence-corrected chi connectivity index (χ4v) is 3.63. The van der Waals surface area contributed by atoms with E-state index in [1.807, 2.05) is 0 Å². The molecule has 2 rings (SSSR count). The number of hydrogen-bond acceptors (Lipinski definition) is 3. The molecule has 0 bridgehead atoms. The summed E-state index contributed by atoms with van der Waals surface area (Å²) in [6, 6.07) is 0. The van der Waals surface area contributed by atoms with Crippen LogP contribution in [0.1, 0.15) is 38.5 Å². The smallest absolute Gasteiger partial charge is 0.0283 e. The second-order valence-corrected chi connectivity index (χ2v) is 6.54. The van der Waals surface area contributed by atoms with Gasteiger partial charge >= 0.3 is 0 Å². The summed E-state index contributed by atoms with van der Waals surface area (Å²) in [7, 11) is 4.48. The highest BCUT2D eigenvalue weighted by molar-refractivity contribution is 4.90. The predicted octanol–water partition coefficient (Wildman–Crippen LogP) is 1.53. The number of nitrogens with zero attached hydrogens (tertiary/aromatic N) is 2. The molecule has 1 aliphatic heterocycles. The van der Waals surface area contributed by atoms with Gasteiger partial charge in [0.1, 0.15) is 0 Å². The molecule has 17 heavy (non-hydrogen) atoms. The first-order valence-electron chi connectivity index (χ1n) is 7.23. The van der Waals surface area contributed by atoms with Gasteiger partial charge in [-0.05, 0) is 45.8 Å². The van der Waals surface area contributed by atoms with Crippen molar-refractivity contribution in [2.45, 2.75) is 44.1 Å². The molecule has 0 amide bonds. The molecule has 1 saturated heterocycles. The number of nitrogens with two attached hydrogens (primary N) is 1. The van der Waals surface area contributed by atoms with Crippen LogP contribution >= 0.6 is 0 Å². The molecule has 1 heterocycles. The van der Waals surface area contributed by atoms with Crippen molar-refractivity contribution in [3.05, 3.63) is 0 Å². The van der Waals surface area contributed by atoms with Crippen molar-refractivity contribution >= 4 is 0 Å². The molecule has 2 N–H and O–H groups in total. The Balaban J connectivity index is 1.74. The van der Waals surface area contributed by atoms with Gasteiger partial charge in [-0.2, -0.15) is 0 Å². The molecular weight excluding hydrogens is 210 g/mol. The number of hydrogen-bond donors (Lipinski definition) is 1. The van der Waals surface area contributed by atoms with Gasteiger partial charge in [0.05, 0.1) is 0 Å². The van der Waals surface area contributed by atoms with E-state index in [0.717, 1.165) is 12.5 Å². The van der Waals surface area contributed by atoms with Crippen LogP contribution in [-0.2, 0) is 0 Å². The Labute approximate surface area is 106 Å². The van der Waals surface area contributed by atoms with Gasteiger partial charge in [-0.3, -0.25) is 0 Å². The first-order chi connectivity index (χ1) is 8.07. The van der Waals surface area contributed by atoms with Gasteiger partial charge < -0.3 is 15.5 Å². The average Bonchev–Trinajstić information content (AvgIpc) is 2.63. The number of likely N-dealkylation sites (tertiary alicyclic amines) is 1. The largest absolute Gasteiger partial charge is 0.324 e. The molecule has 1 unspecified atom stereocenters. The predicted molar refractivity (Wildman–Crippen MR) is 73.1 cm³/mol. The van der Waals surface area contributed by atoms with Gasteiger partial charge in [-0.15, -0.1) is 0 Å². The van der Waals surface area contributed by atoms with E-state index in [1.54, 1.807) is 0 Å². The summed E-state index contributed by atoms with van der Waals surface area (Å²) >= 11 is 0. The molecule has 1 atom stereocenters. The van der Waals surface area contributed by atoms with E-state index in [9.17, 15) is 0 Å². The van der Waals surface area contributed by atoms with Crippen LogP contribution in [-0.4, -0.2) is 55.6 Å². The zero-order valence-corrected chi connectivity index (χ0v) is 11.6. The van der Waals surface area contributed by atoms with Crippen molar-refractivity contribution in [3.63, 3.8) is 0 Å². The van der Waals surface area contributed by atoms with Crippen LogP contribution in [0, 0.1) is 5.92 Å². The normalized spacial score (nSPS) is 30.0. The van der Waals surface area contributed by atoms with E-state index in [1.165, 1.54) is 58.2 Å². The van der Waals surface area contributed by atoms with Gasteiger partial charge in [0.15, 0.2) is 0 Å². The summed E-state index contributed by atoms with van der Waals surface area (Å²) in [5.41, 5.74) is 6.62. The van der Waals surface area contributed by atoms with Gasteiger partial charge in [0.2, 0.25) is 0 Å². The van der Waals surface area contributed by atoms with Crippen LogP contribution in [0.25, 0.3) is 0 Å². The zero-order valence-electron chi connectivity index (χ0n) is 11.6. The van der Waals surface area contributed by atoms with Crippen molar-refractivity contribution in [2.75, 3.05) is 40.3 Å². The molecule has 100 valence electrons. The Morgan fingerprint density at radius 3 is 2.59 bits per heavy atom. The van der Waals surface area contributed by atoms with Gasteiger partial charge in [0.25, 0.3) is 0 Å². The maximum atomic E-state index is 6.51. The average molecular weight is 239 g/mol. The SMILES string of the molecule is CN1CCC(CN(C)CC2(N)CCCCC2)C1. The Morgan fingerprint density at radius 2 is 2.00 bits per heavy atom. The highest BCUT2D eigenvalue weighted by Crippen LogP contribution is 2.27. The second kappa shape index (κ2) is 5.68. The second-order valence-electron chi connectivity index (χ2n) is 6.54. The van der Waals surface area contributed by atoms with Crippen LogP contribution in [0.5, 0.6) is 0 Å². The van der Waals surface area contributed by atoms with Crippen molar-refractivity contribution < 1.29 is 0 Å². The van der Waals surface area contributed by atoms with Gasteiger partial charge in [-0.25, -0.2) is 0 Å². The Morgan fingerprint density at radius 1 is 1.29 bits per heavy atom. The molecule has 0 aromatic heterocycles. The molecule has 0 aromatic rings. The third-order valence-corrected chi connectivity index (χ3v) is 4.49. The van der Waals surface area contributed by atoms with Crippen LogP contribution < -0.4 is 5.73 Å². The van der Waals surface area contributed by atoms with Crippen LogP contribution in [0.2, 0.25) is 0 Å². The summed E-state index contributed by atoms with van der Waals surface area (Å²) in [4.78, 5) is 4.92. The Kier molecular flexibility index (Phi) is 4.45. The van der Waals surface area contributed by atoms with E-state index in [2.05, 4.69) is 23.9 Å². The fourth-order valence-electron chi connectivity index (χ4n) is 3.63. The fraction of sp³-hybridized carbons (Fsp3) is 1.00. The lowest BCUT2D eigenvalue weighted by Gasteiger charge is -2.37. The van der Waals surface area contributed by atoms with Gasteiger partial charge in [-0.1, -0.05) is 19.3 Å². The maximum absolute atomic E-state index is 6.51. The minimum absolute atomic E-state index is 0.109. The van der Waals surface area contributed by atoms with Crippen LogP contribution in [0.3, 0.4) is 0 Å². The molecule has 3 heteroatoms. The lowest BCUT2D eigenvalue weighted by Crippen LogP contribution is -2.51. The molecule has 0 spiro atoms. The molecule has 1 saturated carbocycles. The third kappa shape index (κ3) is 3.94. The number of rotatable bonds is 4. The molecule has 1 aliphatic carbocycles. The lowest BCUT2D eigenvalue weighted by molar-refractivity contribution is 0.180. The highest BCUT2D eigenvalue weighted by Gasteiger charge is 2.30. The van der Waals surface area contributed by atoms with Crippen molar-refractivity contribution in [2.24, 2.45) is 11.7 Å². The standard InChI is InChI=1S/C14H29N3/c1-16-9-6-13(10-16)11-17(2)12-14(15)7-4-3-5-8-14/h13H,3-12,15H2,1-2H3. The van der Waals surface area contributed by atoms with Gasteiger partial charge in [0, 0.05) is 25.2 Å². The minimum Gasteiger partial charge on any atom is -0.324 e. The molecular formula is C14H29N3. The summed E-state index contributed by atoms with van der Waals surface area (Å²) in [6.07, 6.45) is 7.85. The van der Waals surface area contributed by atoms with E-state index in [0.29, 0.717) is 0 Å². The Hall–Kier alpha value is -0.120. The molecule has 0 radical (unpaired) electrons. The van der Waals surface area contributed by atoms with E-state index < -0.39 is 0 Å².